The fraction of sp³-hybridized carbons (Fsp3) is 0.375. The Labute approximate surface area is 137 Å². The number of carbonyl (C=O) groups excluding carboxylic acids is 2. The molecule has 1 N–H and O–H groups in total. The van der Waals surface area contributed by atoms with Crippen molar-refractivity contribution in [3.05, 3.63) is 45.2 Å². The number of fused-ring (bicyclic) bond motifs is 1. The third-order valence-electron chi connectivity index (χ3n) is 3.85. The molecule has 6 heteroatoms. The van der Waals surface area contributed by atoms with Gasteiger partial charge < -0.3 is 15.2 Å². The number of carboxylic acid groups (broad SMARTS) is 1. The lowest BCUT2D eigenvalue weighted by atomic mass is 9.88. The number of rotatable bonds is 3. The first-order valence-corrected chi connectivity index (χ1v) is 9.24. The van der Waals surface area contributed by atoms with Gasteiger partial charge in [0.1, 0.15) is 0 Å². The van der Waals surface area contributed by atoms with Crippen LogP contribution in [-0.2, 0) is 16.0 Å². The molecule has 2 aliphatic rings. The van der Waals surface area contributed by atoms with Crippen molar-refractivity contribution in [1.29, 1.82) is 0 Å². The number of benzene rings is 1. The number of hydrogen-bond acceptors (Lipinski definition) is 5. The molecule has 0 radical (unpaired) electrons. The second-order valence-electron chi connectivity index (χ2n) is 5.26. The highest BCUT2D eigenvalue weighted by molar-refractivity contribution is 8.11. The third kappa shape index (κ3) is 3.17. The number of thioether (sulfide) groups is 2. The number of carbonyl (C=O) groups is 2. The first-order chi connectivity index (χ1) is 10.7. The molecular weight excluding hydrogens is 318 g/mol. The molecule has 1 aliphatic heterocycles. The van der Waals surface area contributed by atoms with Gasteiger partial charge in [0, 0.05) is 16.4 Å². The largest absolute Gasteiger partial charge is 0.544 e. The van der Waals surface area contributed by atoms with Gasteiger partial charge >= 0.3 is 0 Å². The summed E-state index contributed by atoms with van der Waals surface area (Å²) in [5.41, 5.74) is 2.41. The van der Waals surface area contributed by atoms with Crippen LogP contribution in [0.1, 0.15) is 30.0 Å². The van der Waals surface area contributed by atoms with E-state index in [4.69, 9.17) is 0 Å². The van der Waals surface area contributed by atoms with Gasteiger partial charge in [-0.05, 0) is 30.4 Å². The maximum atomic E-state index is 12.5. The predicted octanol–water partition coefficient (Wildman–Crippen LogP) is 1.62. The Morgan fingerprint density at radius 1 is 1.14 bits per heavy atom. The maximum absolute atomic E-state index is 12.5. The van der Waals surface area contributed by atoms with Crippen LogP contribution in [0.5, 0.6) is 0 Å². The van der Waals surface area contributed by atoms with Crippen LogP contribution >= 0.6 is 23.5 Å². The summed E-state index contributed by atoms with van der Waals surface area (Å²) in [6.45, 7) is 0. The molecule has 1 amide bonds. The zero-order valence-corrected chi connectivity index (χ0v) is 13.6. The normalized spacial score (nSPS) is 21.2. The van der Waals surface area contributed by atoms with Gasteiger partial charge in [0.2, 0.25) is 0 Å². The van der Waals surface area contributed by atoms with Crippen LogP contribution < -0.4 is 10.4 Å². The Balaban J connectivity index is 1.82. The van der Waals surface area contributed by atoms with E-state index in [1.54, 1.807) is 0 Å². The number of amides is 1. The summed E-state index contributed by atoms with van der Waals surface area (Å²) in [7, 11) is 0. The molecule has 3 rings (SSSR count). The molecular formula is C16H16NO3S2-. The Bertz CT molecular complexity index is 642. The molecule has 0 saturated heterocycles. The quantitative estimate of drug-likeness (QED) is 0.910. The van der Waals surface area contributed by atoms with E-state index < -0.39 is 5.97 Å². The molecule has 0 fully saturated rings. The summed E-state index contributed by atoms with van der Waals surface area (Å²) in [6.07, 6.45) is 2.94. The van der Waals surface area contributed by atoms with E-state index in [1.165, 1.54) is 29.1 Å². The highest BCUT2D eigenvalue weighted by Gasteiger charge is 2.26. The maximum Gasteiger partial charge on any atom is 0.259 e. The van der Waals surface area contributed by atoms with E-state index in [-0.39, 0.29) is 16.9 Å². The lowest BCUT2D eigenvalue weighted by Crippen LogP contribution is -2.34. The van der Waals surface area contributed by atoms with Crippen molar-refractivity contribution in [2.75, 3.05) is 11.5 Å². The second kappa shape index (κ2) is 6.79. The minimum absolute atomic E-state index is 0.0412. The fourth-order valence-electron chi connectivity index (χ4n) is 2.87. The predicted molar refractivity (Wildman–Crippen MR) is 87.2 cm³/mol. The first kappa shape index (κ1) is 15.5. The minimum atomic E-state index is -1.26. The summed E-state index contributed by atoms with van der Waals surface area (Å²) in [5, 5.41) is 14.2. The molecule has 1 atom stereocenters. The highest BCUT2D eigenvalue weighted by atomic mass is 32.2. The minimum Gasteiger partial charge on any atom is -0.544 e. The van der Waals surface area contributed by atoms with E-state index in [1.807, 2.05) is 18.2 Å². The van der Waals surface area contributed by atoms with Crippen molar-refractivity contribution in [2.24, 2.45) is 0 Å². The summed E-state index contributed by atoms with van der Waals surface area (Å²) < 4.78 is 0. The molecule has 116 valence electrons. The zero-order valence-electron chi connectivity index (χ0n) is 12.0. The summed E-state index contributed by atoms with van der Waals surface area (Å²) in [5.74, 6) is -0.118. The molecule has 1 heterocycles. The first-order valence-electron chi connectivity index (χ1n) is 7.26. The number of aliphatic carboxylic acids is 1. The molecule has 0 aromatic heterocycles. The van der Waals surface area contributed by atoms with Crippen LogP contribution in [0.25, 0.3) is 0 Å². The molecule has 4 nitrogen and oxygen atoms in total. The van der Waals surface area contributed by atoms with Crippen molar-refractivity contribution in [3.63, 3.8) is 0 Å². The Morgan fingerprint density at radius 3 is 2.64 bits per heavy atom. The standard InChI is InChI=1S/C16H17NO3S2/c18-15(13-14(16(19)20)22-9-8-21-13)17-12-7-3-5-10-4-1-2-6-11(10)12/h1-2,4,6,12H,3,5,7-9H2,(H,17,18)(H,19,20)/p-1/t12-/m1/s1. The smallest absolute Gasteiger partial charge is 0.259 e. The van der Waals surface area contributed by atoms with Gasteiger partial charge in [-0.15, -0.1) is 23.5 Å². The zero-order chi connectivity index (χ0) is 15.5. The number of aryl methyl sites for hydroxylation is 1. The van der Waals surface area contributed by atoms with Gasteiger partial charge in [0.25, 0.3) is 5.91 Å². The fourth-order valence-corrected chi connectivity index (χ4v) is 5.04. The SMILES string of the molecule is O=C([O-])C1=C(C(=O)N[C@@H]2CCCc3ccccc32)SCCS1. The Hall–Kier alpha value is -1.40. The lowest BCUT2D eigenvalue weighted by molar-refractivity contribution is -0.298. The van der Waals surface area contributed by atoms with Crippen molar-refractivity contribution in [2.45, 2.75) is 25.3 Å². The average molecular weight is 334 g/mol. The summed E-state index contributed by atoms with van der Waals surface area (Å²) in [4.78, 5) is 24.0. The summed E-state index contributed by atoms with van der Waals surface area (Å²) >= 11 is 2.49. The van der Waals surface area contributed by atoms with Crippen molar-refractivity contribution in [3.8, 4) is 0 Å². The summed E-state index contributed by atoms with van der Waals surface area (Å²) in [6, 6.07) is 8.06. The molecule has 22 heavy (non-hydrogen) atoms. The number of carboxylic acids is 1. The van der Waals surface area contributed by atoms with E-state index in [2.05, 4.69) is 11.4 Å². The van der Waals surface area contributed by atoms with Crippen LogP contribution in [0.4, 0.5) is 0 Å². The van der Waals surface area contributed by atoms with Crippen molar-refractivity contribution >= 4 is 35.4 Å². The number of nitrogens with one attached hydrogen (secondary N) is 1. The molecule has 0 spiro atoms. The number of hydrogen-bond donors (Lipinski definition) is 1. The van der Waals surface area contributed by atoms with Gasteiger partial charge in [-0.25, -0.2) is 0 Å². The van der Waals surface area contributed by atoms with Crippen LogP contribution in [0.15, 0.2) is 34.1 Å². The van der Waals surface area contributed by atoms with Crippen molar-refractivity contribution < 1.29 is 14.7 Å². The van der Waals surface area contributed by atoms with E-state index >= 15 is 0 Å². The van der Waals surface area contributed by atoms with Crippen molar-refractivity contribution in [1.82, 2.24) is 5.32 Å². The van der Waals surface area contributed by atoms with E-state index in [0.717, 1.165) is 30.6 Å². The van der Waals surface area contributed by atoms with Crippen LogP contribution in [-0.4, -0.2) is 23.4 Å². The highest BCUT2D eigenvalue weighted by Crippen LogP contribution is 2.35. The average Bonchev–Trinajstić information content (AvgIpc) is 2.55. The third-order valence-corrected chi connectivity index (χ3v) is 6.39. The topological polar surface area (TPSA) is 69.2 Å². The Kier molecular flexibility index (Phi) is 4.78. The van der Waals surface area contributed by atoms with Gasteiger partial charge in [0.15, 0.2) is 0 Å². The van der Waals surface area contributed by atoms with Crippen LogP contribution in [0.3, 0.4) is 0 Å². The Morgan fingerprint density at radius 2 is 1.86 bits per heavy atom. The van der Waals surface area contributed by atoms with E-state index in [0.29, 0.717) is 10.7 Å². The van der Waals surface area contributed by atoms with Crippen LogP contribution in [0.2, 0.25) is 0 Å². The monoisotopic (exact) mass is 334 g/mol. The lowest BCUT2D eigenvalue weighted by Gasteiger charge is -2.28. The van der Waals surface area contributed by atoms with Gasteiger partial charge in [-0.2, -0.15) is 0 Å². The molecule has 0 bridgehead atoms. The molecule has 1 aromatic rings. The molecule has 1 aliphatic carbocycles. The van der Waals surface area contributed by atoms with Gasteiger partial charge in [0.05, 0.1) is 16.9 Å². The van der Waals surface area contributed by atoms with Crippen LogP contribution in [0, 0.1) is 0 Å². The molecule has 0 unspecified atom stereocenters. The molecule has 0 saturated carbocycles. The van der Waals surface area contributed by atoms with Gasteiger partial charge in [-0.3, -0.25) is 4.79 Å². The van der Waals surface area contributed by atoms with E-state index in [9.17, 15) is 14.7 Å². The molecule has 1 aromatic carbocycles. The second-order valence-corrected chi connectivity index (χ2v) is 7.47. The van der Waals surface area contributed by atoms with Gasteiger partial charge in [-0.1, -0.05) is 24.3 Å².